The maximum Gasteiger partial charge on any atom is 0.256 e. The van der Waals surface area contributed by atoms with Crippen molar-refractivity contribution in [3.8, 4) is 0 Å². The lowest BCUT2D eigenvalue weighted by molar-refractivity contribution is 0.0739. The van der Waals surface area contributed by atoms with Gasteiger partial charge in [-0.15, -0.1) is 24.0 Å². The average molecular weight is 309 g/mol. The maximum absolute atomic E-state index is 13.7. The van der Waals surface area contributed by atoms with Crippen molar-refractivity contribution >= 4 is 29.9 Å². The normalized spacial score (nSPS) is 12.2. The largest absolute Gasteiger partial charge is 0.339 e. The van der Waals surface area contributed by atoms with E-state index in [9.17, 15) is 9.18 Å². The predicted molar refractivity (Wildman–Crippen MR) is 83.2 cm³/mol. The SMILES string of the molecule is CC(Cc1cccs1)N(C)C(=O)c1cc(S)ccc1F. The molecule has 1 amide bonds. The molecule has 0 bridgehead atoms. The van der Waals surface area contributed by atoms with Gasteiger partial charge in [-0.1, -0.05) is 6.07 Å². The number of hydrogen-bond donors (Lipinski definition) is 1. The summed E-state index contributed by atoms with van der Waals surface area (Å²) in [7, 11) is 1.70. The lowest BCUT2D eigenvalue weighted by Gasteiger charge is -2.25. The van der Waals surface area contributed by atoms with Crippen LogP contribution in [0.2, 0.25) is 0 Å². The molecule has 0 saturated carbocycles. The summed E-state index contributed by atoms with van der Waals surface area (Å²) >= 11 is 5.81. The maximum atomic E-state index is 13.7. The van der Waals surface area contributed by atoms with E-state index in [1.54, 1.807) is 23.3 Å². The number of amides is 1. The van der Waals surface area contributed by atoms with Gasteiger partial charge in [0.15, 0.2) is 0 Å². The van der Waals surface area contributed by atoms with Crippen molar-refractivity contribution in [1.29, 1.82) is 0 Å². The second kappa shape index (κ2) is 6.41. The standard InChI is InChI=1S/C15H16FNOS2/c1-10(8-12-4-3-7-20-12)17(2)15(18)13-9-11(19)5-6-14(13)16/h3-7,9-10,19H,8H2,1-2H3. The van der Waals surface area contributed by atoms with Crippen LogP contribution < -0.4 is 0 Å². The van der Waals surface area contributed by atoms with E-state index >= 15 is 0 Å². The van der Waals surface area contributed by atoms with Gasteiger partial charge >= 0.3 is 0 Å². The lowest BCUT2D eigenvalue weighted by Crippen LogP contribution is -2.36. The molecular formula is C15H16FNOS2. The smallest absolute Gasteiger partial charge is 0.256 e. The molecule has 2 rings (SSSR count). The summed E-state index contributed by atoms with van der Waals surface area (Å²) in [5.74, 6) is -0.828. The van der Waals surface area contributed by atoms with Crippen LogP contribution in [0.4, 0.5) is 4.39 Å². The van der Waals surface area contributed by atoms with Crippen molar-refractivity contribution in [3.05, 3.63) is 52.0 Å². The Labute approximate surface area is 127 Å². The molecule has 1 heterocycles. The highest BCUT2D eigenvalue weighted by molar-refractivity contribution is 7.80. The van der Waals surface area contributed by atoms with Gasteiger partial charge in [0, 0.05) is 29.3 Å². The third kappa shape index (κ3) is 3.41. The van der Waals surface area contributed by atoms with Gasteiger partial charge in [-0.25, -0.2) is 4.39 Å². The van der Waals surface area contributed by atoms with E-state index in [-0.39, 0.29) is 17.5 Å². The molecule has 1 atom stereocenters. The molecule has 0 radical (unpaired) electrons. The summed E-state index contributed by atoms with van der Waals surface area (Å²) in [5.41, 5.74) is 0.0676. The zero-order valence-corrected chi connectivity index (χ0v) is 13.0. The number of nitrogens with zero attached hydrogens (tertiary/aromatic N) is 1. The van der Waals surface area contributed by atoms with Gasteiger partial charge in [-0.3, -0.25) is 4.79 Å². The Morgan fingerprint density at radius 1 is 1.45 bits per heavy atom. The molecule has 0 aliphatic carbocycles. The first-order chi connectivity index (χ1) is 9.49. The Morgan fingerprint density at radius 3 is 2.85 bits per heavy atom. The quantitative estimate of drug-likeness (QED) is 0.850. The molecule has 5 heteroatoms. The molecule has 106 valence electrons. The van der Waals surface area contributed by atoms with E-state index in [1.165, 1.54) is 23.1 Å². The fourth-order valence-electron chi connectivity index (χ4n) is 1.92. The molecule has 2 aromatic rings. The van der Waals surface area contributed by atoms with Crippen LogP contribution in [0.5, 0.6) is 0 Å². The van der Waals surface area contributed by atoms with Gasteiger partial charge in [0.25, 0.3) is 5.91 Å². The Hall–Kier alpha value is -1.33. The number of likely N-dealkylation sites (N-methyl/N-ethyl adjacent to an activating group) is 1. The first kappa shape index (κ1) is 15.1. The summed E-state index contributed by atoms with van der Waals surface area (Å²) in [4.78, 5) is 15.7. The number of hydrogen-bond acceptors (Lipinski definition) is 3. The highest BCUT2D eigenvalue weighted by atomic mass is 32.1. The van der Waals surface area contributed by atoms with Crippen LogP contribution >= 0.6 is 24.0 Å². The topological polar surface area (TPSA) is 20.3 Å². The van der Waals surface area contributed by atoms with Gasteiger partial charge in [-0.2, -0.15) is 0 Å². The number of thiol groups is 1. The molecule has 0 spiro atoms. The number of carbonyl (C=O) groups is 1. The minimum Gasteiger partial charge on any atom is -0.339 e. The number of carbonyl (C=O) groups excluding carboxylic acids is 1. The zero-order valence-electron chi connectivity index (χ0n) is 11.3. The molecule has 0 aliphatic rings. The molecular weight excluding hydrogens is 293 g/mol. The second-order valence-corrected chi connectivity index (χ2v) is 6.26. The van der Waals surface area contributed by atoms with E-state index < -0.39 is 5.82 Å². The number of benzene rings is 1. The van der Waals surface area contributed by atoms with Gasteiger partial charge < -0.3 is 4.90 Å². The Kier molecular flexibility index (Phi) is 4.83. The molecule has 0 fully saturated rings. The highest BCUT2D eigenvalue weighted by Gasteiger charge is 2.21. The van der Waals surface area contributed by atoms with Gasteiger partial charge in [0.1, 0.15) is 5.82 Å². The molecule has 0 N–H and O–H groups in total. The Balaban J connectivity index is 2.13. The van der Waals surface area contributed by atoms with Crippen molar-refractivity contribution in [1.82, 2.24) is 4.90 Å². The first-order valence-electron chi connectivity index (χ1n) is 6.27. The van der Waals surface area contributed by atoms with Crippen LogP contribution in [0.3, 0.4) is 0 Å². The highest BCUT2D eigenvalue weighted by Crippen LogP contribution is 2.18. The Bertz CT molecular complexity index is 598. The number of rotatable bonds is 4. The van der Waals surface area contributed by atoms with E-state index in [2.05, 4.69) is 12.6 Å². The van der Waals surface area contributed by atoms with Crippen molar-refractivity contribution < 1.29 is 9.18 Å². The van der Waals surface area contributed by atoms with Crippen molar-refractivity contribution in [2.75, 3.05) is 7.05 Å². The Morgan fingerprint density at radius 2 is 2.20 bits per heavy atom. The minimum atomic E-state index is -0.511. The first-order valence-corrected chi connectivity index (χ1v) is 7.59. The third-order valence-electron chi connectivity index (χ3n) is 3.24. The predicted octanol–water partition coefficient (Wildman–Crippen LogP) is 3.88. The van der Waals surface area contributed by atoms with Gasteiger partial charge in [0.2, 0.25) is 0 Å². The van der Waals surface area contributed by atoms with Crippen molar-refractivity contribution in [3.63, 3.8) is 0 Å². The average Bonchev–Trinajstić information content (AvgIpc) is 2.92. The number of halogens is 1. The molecule has 0 saturated heterocycles. The zero-order chi connectivity index (χ0) is 14.7. The van der Waals surface area contributed by atoms with Gasteiger partial charge in [0.05, 0.1) is 5.56 Å². The van der Waals surface area contributed by atoms with Crippen LogP contribution in [-0.2, 0) is 6.42 Å². The van der Waals surface area contributed by atoms with Crippen LogP contribution in [0.15, 0.2) is 40.6 Å². The van der Waals surface area contributed by atoms with E-state index in [4.69, 9.17) is 0 Å². The molecule has 0 aliphatic heterocycles. The number of thiophene rings is 1. The third-order valence-corrected chi connectivity index (χ3v) is 4.42. The summed E-state index contributed by atoms with van der Waals surface area (Å²) in [6, 6.07) is 8.30. The molecule has 2 nitrogen and oxygen atoms in total. The van der Waals surface area contributed by atoms with Crippen LogP contribution in [0, 0.1) is 5.82 Å². The summed E-state index contributed by atoms with van der Waals surface area (Å²) in [5, 5.41) is 2.01. The van der Waals surface area contributed by atoms with Crippen molar-refractivity contribution in [2.24, 2.45) is 0 Å². The van der Waals surface area contributed by atoms with Crippen molar-refractivity contribution in [2.45, 2.75) is 24.3 Å². The van der Waals surface area contributed by atoms with E-state index in [0.717, 1.165) is 6.42 Å². The van der Waals surface area contributed by atoms with Crippen LogP contribution in [0.1, 0.15) is 22.2 Å². The van der Waals surface area contributed by atoms with Gasteiger partial charge in [-0.05, 0) is 36.6 Å². The van der Waals surface area contributed by atoms with Crippen LogP contribution in [-0.4, -0.2) is 23.9 Å². The molecule has 1 aromatic carbocycles. The minimum absolute atomic E-state index is 0.00382. The second-order valence-electron chi connectivity index (χ2n) is 4.71. The summed E-state index contributed by atoms with van der Waals surface area (Å²) in [6.07, 6.45) is 0.766. The monoisotopic (exact) mass is 309 g/mol. The van der Waals surface area contributed by atoms with E-state index in [0.29, 0.717) is 4.90 Å². The lowest BCUT2D eigenvalue weighted by atomic mass is 10.1. The van der Waals surface area contributed by atoms with E-state index in [1.807, 2.05) is 24.4 Å². The molecule has 1 unspecified atom stereocenters. The molecule has 20 heavy (non-hydrogen) atoms. The fourth-order valence-corrected chi connectivity index (χ4v) is 2.95. The summed E-state index contributed by atoms with van der Waals surface area (Å²) < 4.78 is 13.7. The summed E-state index contributed by atoms with van der Waals surface area (Å²) in [6.45, 7) is 1.96. The molecule has 1 aromatic heterocycles. The fraction of sp³-hybridized carbons (Fsp3) is 0.267. The van der Waals surface area contributed by atoms with Crippen LogP contribution in [0.25, 0.3) is 0 Å².